The van der Waals surface area contributed by atoms with Crippen LogP contribution in [0.1, 0.15) is 19.8 Å². The molecule has 8 heteroatoms. The van der Waals surface area contributed by atoms with Gasteiger partial charge in [-0.25, -0.2) is 0 Å². The van der Waals surface area contributed by atoms with E-state index in [0.717, 1.165) is 0 Å². The van der Waals surface area contributed by atoms with E-state index in [0.29, 0.717) is 25.9 Å². The molecule has 0 radical (unpaired) electrons. The SMILES string of the molecule is CC(=O)N1CCC(C(=O)N2CC(OCC(F)(F)F)C2)CC1. The molecule has 2 saturated heterocycles. The monoisotopic (exact) mass is 308 g/mol. The summed E-state index contributed by atoms with van der Waals surface area (Å²) in [5.74, 6) is -0.167. The van der Waals surface area contributed by atoms with Gasteiger partial charge in [-0.1, -0.05) is 0 Å². The Morgan fingerprint density at radius 2 is 1.71 bits per heavy atom. The fraction of sp³-hybridized carbons (Fsp3) is 0.846. The lowest BCUT2D eigenvalue weighted by Gasteiger charge is -2.42. The van der Waals surface area contributed by atoms with Crippen LogP contribution in [0.2, 0.25) is 0 Å². The number of hydrogen-bond donors (Lipinski definition) is 0. The molecule has 2 aliphatic rings. The minimum absolute atomic E-state index is 0.00506. The summed E-state index contributed by atoms with van der Waals surface area (Å²) in [5, 5.41) is 0. The minimum atomic E-state index is -4.33. The Morgan fingerprint density at radius 3 is 2.19 bits per heavy atom. The van der Waals surface area contributed by atoms with E-state index in [1.54, 1.807) is 4.90 Å². The van der Waals surface area contributed by atoms with E-state index in [-0.39, 0.29) is 30.8 Å². The van der Waals surface area contributed by atoms with E-state index >= 15 is 0 Å². The van der Waals surface area contributed by atoms with Crippen molar-refractivity contribution in [2.75, 3.05) is 32.8 Å². The van der Waals surface area contributed by atoms with Crippen LogP contribution in [-0.4, -0.2) is 66.7 Å². The molecular formula is C13H19F3N2O3. The minimum Gasteiger partial charge on any atom is -0.365 e. The van der Waals surface area contributed by atoms with Crippen LogP contribution in [0.3, 0.4) is 0 Å². The quantitative estimate of drug-likeness (QED) is 0.782. The standard InChI is InChI=1S/C13H19F3N2O3/c1-9(19)17-4-2-10(3-5-17)12(20)18-6-11(7-18)21-8-13(14,15)16/h10-11H,2-8H2,1H3. The topological polar surface area (TPSA) is 49.9 Å². The molecule has 2 aliphatic heterocycles. The first-order valence-electron chi connectivity index (χ1n) is 6.99. The highest BCUT2D eigenvalue weighted by Gasteiger charge is 2.38. The molecule has 0 spiro atoms. The number of nitrogens with zero attached hydrogens (tertiary/aromatic N) is 2. The maximum atomic E-state index is 12.1. The number of alkyl halides is 3. The van der Waals surface area contributed by atoms with Crippen molar-refractivity contribution in [2.45, 2.75) is 32.0 Å². The zero-order valence-corrected chi connectivity index (χ0v) is 11.9. The Hall–Kier alpha value is -1.31. The lowest BCUT2D eigenvalue weighted by Crippen LogP contribution is -2.57. The summed E-state index contributed by atoms with van der Waals surface area (Å²) < 4.78 is 40.6. The molecule has 2 rings (SSSR count). The molecule has 0 aliphatic carbocycles. The van der Waals surface area contributed by atoms with Crippen LogP contribution >= 0.6 is 0 Å². The number of carbonyl (C=O) groups excluding carboxylic acids is 2. The van der Waals surface area contributed by atoms with E-state index in [9.17, 15) is 22.8 Å². The van der Waals surface area contributed by atoms with Crippen LogP contribution in [-0.2, 0) is 14.3 Å². The van der Waals surface area contributed by atoms with E-state index in [1.165, 1.54) is 11.8 Å². The maximum absolute atomic E-state index is 12.1. The number of rotatable bonds is 3. The van der Waals surface area contributed by atoms with Crippen LogP contribution < -0.4 is 0 Å². The molecule has 5 nitrogen and oxygen atoms in total. The summed E-state index contributed by atoms with van der Waals surface area (Å²) in [4.78, 5) is 26.6. The number of hydrogen-bond acceptors (Lipinski definition) is 3. The second kappa shape index (κ2) is 6.21. The Kier molecular flexibility index (Phi) is 4.75. The summed E-state index contributed by atoms with van der Waals surface area (Å²) in [5.41, 5.74) is 0. The van der Waals surface area contributed by atoms with Crippen molar-refractivity contribution < 1.29 is 27.5 Å². The highest BCUT2D eigenvalue weighted by Crippen LogP contribution is 2.24. The second-order valence-corrected chi connectivity index (χ2v) is 5.57. The summed E-state index contributed by atoms with van der Waals surface area (Å²) in [6.45, 7) is 1.81. The van der Waals surface area contributed by atoms with Crippen molar-refractivity contribution in [1.82, 2.24) is 9.80 Å². The number of carbonyl (C=O) groups is 2. The van der Waals surface area contributed by atoms with Crippen LogP contribution in [0.15, 0.2) is 0 Å². The molecule has 120 valence electrons. The van der Waals surface area contributed by atoms with Gasteiger partial charge in [0, 0.05) is 39.0 Å². The molecule has 2 fully saturated rings. The first-order valence-corrected chi connectivity index (χ1v) is 6.99. The third kappa shape index (κ3) is 4.33. The Morgan fingerprint density at radius 1 is 1.14 bits per heavy atom. The van der Waals surface area contributed by atoms with E-state index in [1.807, 2.05) is 0 Å². The smallest absolute Gasteiger partial charge is 0.365 e. The maximum Gasteiger partial charge on any atom is 0.411 e. The zero-order valence-electron chi connectivity index (χ0n) is 11.9. The summed E-state index contributed by atoms with van der Waals surface area (Å²) >= 11 is 0. The van der Waals surface area contributed by atoms with Crippen LogP contribution in [0.25, 0.3) is 0 Å². The fourth-order valence-electron chi connectivity index (χ4n) is 2.64. The molecule has 0 unspecified atom stereocenters. The molecule has 0 aromatic heterocycles. The van der Waals surface area contributed by atoms with Gasteiger partial charge in [-0.3, -0.25) is 9.59 Å². The molecule has 21 heavy (non-hydrogen) atoms. The normalized spacial score (nSPS) is 21.3. The van der Waals surface area contributed by atoms with E-state index in [2.05, 4.69) is 4.74 Å². The van der Waals surface area contributed by atoms with Crippen molar-refractivity contribution in [3.05, 3.63) is 0 Å². The van der Waals surface area contributed by atoms with Crippen LogP contribution in [0, 0.1) is 5.92 Å². The average molecular weight is 308 g/mol. The largest absolute Gasteiger partial charge is 0.411 e. The average Bonchev–Trinajstić information content (AvgIpc) is 2.35. The third-order valence-corrected chi connectivity index (χ3v) is 3.93. The van der Waals surface area contributed by atoms with Gasteiger partial charge in [0.2, 0.25) is 11.8 Å². The summed E-state index contributed by atoms with van der Waals surface area (Å²) in [6, 6.07) is 0. The molecule has 2 amide bonds. The van der Waals surface area contributed by atoms with Gasteiger partial charge in [0.05, 0.1) is 6.10 Å². The summed E-state index contributed by atoms with van der Waals surface area (Å²) in [6.07, 6.45) is -3.62. The number of halogens is 3. The second-order valence-electron chi connectivity index (χ2n) is 5.57. The van der Waals surface area contributed by atoms with Crippen LogP contribution in [0.5, 0.6) is 0 Å². The predicted octanol–water partition coefficient (Wildman–Crippen LogP) is 1.03. The molecule has 0 N–H and O–H groups in total. The zero-order chi connectivity index (χ0) is 15.6. The fourth-order valence-corrected chi connectivity index (χ4v) is 2.64. The lowest BCUT2D eigenvalue weighted by atomic mass is 9.93. The van der Waals surface area contributed by atoms with Gasteiger partial charge in [0.1, 0.15) is 6.61 Å². The first kappa shape index (κ1) is 16.1. The molecule has 0 atom stereocenters. The highest BCUT2D eigenvalue weighted by molar-refractivity contribution is 5.80. The van der Waals surface area contributed by atoms with Crippen molar-refractivity contribution in [2.24, 2.45) is 5.92 Å². The first-order chi connectivity index (χ1) is 9.76. The van der Waals surface area contributed by atoms with Gasteiger partial charge < -0.3 is 14.5 Å². The lowest BCUT2D eigenvalue weighted by molar-refractivity contribution is -0.201. The van der Waals surface area contributed by atoms with Crippen LogP contribution in [0.4, 0.5) is 13.2 Å². The Balaban J connectivity index is 1.69. The van der Waals surface area contributed by atoms with Gasteiger partial charge in [-0.05, 0) is 12.8 Å². The Labute approximate surface area is 121 Å². The Bertz CT molecular complexity index is 400. The highest BCUT2D eigenvalue weighted by atomic mass is 19.4. The third-order valence-electron chi connectivity index (χ3n) is 3.93. The van der Waals surface area contributed by atoms with E-state index < -0.39 is 18.9 Å². The number of amides is 2. The summed E-state index contributed by atoms with van der Waals surface area (Å²) in [7, 11) is 0. The van der Waals surface area contributed by atoms with Gasteiger partial charge in [-0.2, -0.15) is 13.2 Å². The van der Waals surface area contributed by atoms with Crippen molar-refractivity contribution in [3.63, 3.8) is 0 Å². The number of piperidine rings is 1. The molecule has 0 aromatic rings. The molecular weight excluding hydrogens is 289 g/mol. The van der Waals surface area contributed by atoms with Gasteiger partial charge in [-0.15, -0.1) is 0 Å². The molecule has 0 saturated carbocycles. The van der Waals surface area contributed by atoms with Gasteiger partial charge >= 0.3 is 6.18 Å². The number of likely N-dealkylation sites (tertiary alicyclic amines) is 2. The predicted molar refractivity (Wildman–Crippen MR) is 67.4 cm³/mol. The van der Waals surface area contributed by atoms with Gasteiger partial charge in [0.25, 0.3) is 0 Å². The van der Waals surface area contributed by atoms with Crippen molar-refractivity contribution in [3.8, 4) is 0 Å². The molecule has 2 heterocycles. The van der Waals surface area contributed by atoms with Gasteiger partial charge in [0.15, 0.2) is 0 Å². The molecule has 0 aromatic carbocycles. The van der Waals surface area contributed by atoms with E-state index in [4.69, 9.17) is 0 Å². The van der Waals surface area contributed by atoms with Crippen molar-refractivity contribution in [1.29, 1.82) is 0 Å². The van der Waals surface area contributed by atoms with Crippen molar-refractivity contribution >= 4 is 11.8 Å². The molecule has 0 bridgehead atoms. The number of ether oxygens (including phenoxy) is 1.